The number of nitro groups is 1. The molecule has 3 rings (SSSR count). The minimum absolute atomic E-state index is 0.0825. The Labute approximate surface area is 152 Å². The van der Waals surface area contributed by atoms with Gasteiger partial charge in [0.05, 0.1) is 16.2 Å². The summed E-state index contributed by atoms with van der Waals surface area (Å²) >= 11 is 7.17. The molecule has 1 aromatic heterocycles. The van der Waals surface area contributed by atoms with Crippen LogP contribution in [0.3, 0.4) is 0 Å². The first-order chi connectivity index (χ1) is 12.0. The maximum atomic E-state index is 12.2. The van der Waals surface area contributed by atoms with Gasteiger partial charge in [-0.05, 0) is 24.3 Å². The van der Waals surface area contributed by atoms with Crippen molar-refractivity contribution in [3.8, 4) is 0 Å². The van der Waals surface area contributed by atoms with Crippen LogP contribution in [-0.2, 0) is 4.79 Å². The number of pyridine rings is 1. The fourth-order valence-corrected chi connectivity index (χ4v) is 3.30. The number of anilines is 1. The predicted octanol–water partition coefficient (Wildman–Crippen LogP) is 4.53. The molecule has 0 fully saturated rings. The van der Waals surface area contributed by atoms with Gasteiger partial charge in [0, 0.05) is 27.6 Å². The smallest absolute Gasteiger partial charge is 0.292 e. The zero-order chi connectivity index (χ0) is 17.8. The maximum Gasteiger partial charge on any atom is 0.292 e. The Hall–Kier alpha value is -2.64. The molecule has 1 heterocycles. The van der Waals surface area contributed by atoms with Crippen LogP contribution in [0.1, 0.15) is 0 Å². The summed E-state index contributed by atoms with van der Waals surface area (Å²) in [7, 11) is 0. The molecule has 0 saturated heterocycles. The zero-order valence-corrected chi connectivity index (χ0v) is 14.4. The minimum Gasteiger partial charge on any atom is -0.320 e. The first kappa shape index (κ1) is 17.2. The molecular weight excluding hydrogens is 362 g/mol. The number of nitrogens with zero attached hydrogens (tertiary/aromatic N) is 2. The number of nitrogens with one attached hydrogen (secondary N) is 1. The summed E-state index contributed by atoms with van der Waals surface area (Å²) in [6.45, 7) is 0. The zero-order valence-electron chi connectivity index (χ0n) is 12.8. The van der Waals surface area contributed by atoms with Gasteiger partial charge in [0.25, 0.3) is 5.69 Å². The lowest BCUT2D eigenvalue weighted by Crippen LogP contribution is -2.15. The van der Waals surface area contributed by atoms with Crippen molar-refractivity contribution in [3.05, 3.63) is 69.9 Å². The summed E-state index contributed by atoms with van der Waals surface area (Å²) < 4.78 is 0. The van der Waals surface area contributed by atoms with E-state index in [1.807, 2.05) is 30.3 Å². The molecule has 0 aliphatic carbocycles. The molecule has 25 heavy (non-hydrogen) atoms. The lowest BCUT2D eigenvalue weighted by atomic mass is 10.2. The van der Waals surface area contributed by atoms with Crippen molar-refractivity contribution in [2.75, 3.05) is 11.1 Å². The molecule has 2 aromatic carbocycles. The van der Waals surface area contributed by atoms with Gasteiger partial charge in [-0.2, -0.15) is 0 Å². The lowest BCUT2D eigenvalue weighted by molar-refractivity contribution is -0.383. The first-order valence-corrected chi connectivity index (χ1v) is 8.61. The van der Waals surface area contributed by atoms with E-state index in [1.54, 1.807) is 6.20 Å². The average molecular weight is 374 g/mol. The Bertz CT molecular complexity index is 960. The largest absolute Gasteiger partial charge is 0.320 e. The summed E-state index contributed by atoms with van der Waals surface area (Å²) in [6.07, 6.45) is 1.70. The topological polar surface area (TPSA) is 85.1 Å². The molecule has 1 amide bonds. The van der Waals surface area contributed by atoms with Gasteiger partial charge < -0.3 is 5.32 Å². The highest BCUT2D eigenvalue weighted by Crippen LogP contribution is 2.29. The number of carbonyl (C=O) groups is 1. The normalized spacial score (nSPS) is 10.6. The maximum absolute atomic E-state index is 12.2. The van der Waals surface area contributed by atoms with Crippen molar-refractivity contribution >= 4 is 51.5 Å². The van der Waals surface area contributed by atoms with E-state index < -0.39 is 4.92 Å². The average Bonchev–Trinajstić information content (AvgIpc) is 2.59. The van der Waals surface area contributed by atoms with Gasteiger partial charge in [0.1, 0.15) is 5.69 Å². The fraction of sp³-hybridized carbons (Fsp3) is 0.0588. The highest BCUT2D eigenvalue weighted by Gasteiger charge is 2.16. The molecule has 0 aliphatic rings. The Balaban J connectivity index is 1.73. The molecule has 0 unspecified atom stereocenters. The van der Waals surface area contributed by atoms with Crippen LogP contribution >= 0.6 is 23.4 Å². The molecule has 1 N–H and O–H groups in total. The number of aromatic nitrogens is 1. The van der Waals surface area contributed by atoms with Gasteiger partial charge in [-0.1, -0.05) is 29.8 Å². The van der Waals surface area contributed by atoms with E-state index in [-0.39, 0.29) is 23.0 Å². The van der Waals surface area contributed by atoms with Crippen LogP contribution in [0.4, 0.5) is 11.4 Å². The molecule has 8 heteroatoms. The number of benzene rings is 2. The number of carbonyl (C=O) groups excluding carboxylic acids is 1. The molecule has 126 valence electrons. The number of amides is 1. The second-order valence-electron chi connectivity index (χ2n) is 5.09. The van der Waals surface area contributed by atoms with Crippen LogP contribution in [0.5, 0.6) is 0 Å². The van der Waals surface area contributed by atoms with Gasteiger partial charge >= 0.3 is 0 Å². The van der Waals surface area contributed by atoms with E-state index in [0.717, 1.165) is 15.8 Å². The molecule has 0 bridgehead atoms. The monoisotopic (exact) mass is 373 g/mol. The van der Waals surface area contributed by atoms with Gasteiger partial charge in [-0.15, -0.1) is 11.8 Å². The summed E-state index contributed by atoms with van der Waals surface area (Å²) in [5, 5.41) is 14.9. The van der Waals surface area contributed by atoms with Crippen LogP contribution in [-0.4, -0.2) is 21.6 Å². The lowest BCUT2D eigenvalue weighted by Gasteiger charge is -2.07. The second-order valence-corrected chi connectivity index (χ2v) is 6.54. The number of hydrogen-bond donors (Lipinski definition) is 1. The van der Waals surface area contributed by atoms with E-state index in [9.17, 15) is 14.9 Å². The number of hydrogen-bond acceptors (Lipinski definition) is 5. The summed E-state index contributed by atoms with van der Waals surface area (Å²) in [4.78, 5) is 27.9. The molecule has 0 atom stereocenters. The van der Waals surface area contributed by atoms with Crippen molar-refractivity contribution in [2.24, 2.45) is 0 Å². The Morgan fingerprint density at radius 1 is 1.24 bits per heavy atom. The molecule has 3 aromatic rings. The fourth-order valence-electron chi connectivity index (χ4n) is 2.29. The van der Waals surface area contributed by atoms with Gasteiger partial charge in [-0.3, -0.25) is 19.9 Å². The molecule has 6 nitrogen and oxygen atoms in total. The van der Waals surface area contributed by atoms with Crippen LogP contribution < -0.4 is 5.32 Å². The van der Waals surface area contributed by atoms with Crippen LogP contribution in [0.25, 0.3) is 10.9 Å². The number of nitro benzene ring substituents is 1. The van der Waals surface area contributed by atoms with E-state index in [1.165, 1.54) is 30.0 Å². The second kappa shape index (κ2) is 7.50. The van der Waals surface area contributed by atoms with E-state index in [2.05, 4.69) is 10.3 Å². The summed E-state index contributed by atoms with van der Waals surface area (Å²) in [6, 6.07) is 13.6. The van der Waals surface area contributed by atoms with Gasteiger partial charge in [0.15, 0.2) is 0 Å². The van der Waals surface area contributed by atoms with E-state index in [0.29, 0.717) is 5.02 Å². The highest BCUT2D eigenvalue weighted by molar-refractivity contribution is 8.00. The van der Waals surface area contributed by atoms with E-state index in [4.69, 9.17) is 11.6 Å². The van der Waals surface area contributed by atoms with Crippen LogP contribution in [0, 0.1) is 10.1 Å². The van der Waals surface area contributed by atoms with Gasteiger partial charge in [-0.25, -0.2) is 0 Å². The third kappa shape index (κ3) is 4.07. The Morgan fingerprint density at radius 2 is 2.04 bits per heavy atom. The Morgan fingerprint density at radius 3 is 2.84 bits per heavy atom. The van der Waals surface area contributed by atoms with Crippen molar-refractivity contribution in [1.82, 2.24) is 4.98 Å². The molecule has 0 radical (unpaired) electrons. The van der Waals surface area contributed by atoms with Crippen molar-refractivity contribution in [3.63, 3.8) is 0 Å². The van der Waals surface area contributed by atoms with Crippen molar-refractivity contribution in [1.29, 1.82) is 0 Å². The third-order valence-electron chi connectivity index (χ3n) is 3.38. The number of halogens is 1. The van der Waals surface area contributed by atoms with Crippen molar-refractivity contribution in [2.45, 2.75) is 4.90 Å². The number of para-hydroxylation sites is 1. The quantitative estimate of drug-likeness (QED) is 0.403. The van der Waals surface area contributed by atoms with Crippen LogP contribution in [0.15, 0.2) is 59.6 Å². The first-order valence-electron chi connectivity index (χ1n) is 7.25. The van der Waals surface area contributed by atoms with Crippen LogP contribution in [0.2, 0.25) is 5.02 Å². The summed E-state index contributed by atoms with van der Waals surface area (Å²) in [5.41, 5.74) is 0.699. The molecule has 0 saturated carbocycles. The SMILES string of the molecule is O=C(CSc1cccc2cccnc12)Nc1cc(Cl)ccc1[N+](=O)[O-]. The molecule has 0 spiro atoms. The van der Waals surface area contributed by atoms with E-state index >= 15 is 0 Å². The predicted molar refractivity (Wildman–Crippen MR) is 99.2 cm³/mol. The highest BCUT2D eigenvalue weighted by atomic mass is 35.5. The molecular formula is C17H12ClN3O3S. The number of fused-ring (bicyclic) bond motifs is 1. The third-order valence-corrected chi connectivity index (χ3v) is 4.67. The number of rotatable bonds is 5. The minimum atomic E-state index is -0.562. The standard InChI is InChI=1S/C17H12ClN3O3S/c18-12-6-7-14(21(23)24)13(9-12)20-16(22)10-25-15-5-1-3-11-4-2-8-19-17(11)15/h1-9H,10H2,(H,20,22). The van der Waals surface area contributed by atoms with Crippen molar-refractivity contribution < 1.29 is 9.72 Å². The Kier molecular flexibility index (Phi) is 5.16. The summed E-state index contributed by atoms with van der Waals surface area (Å²) in [5.74, 6) is -0.261. The number of thioether (sulfide) groups is 1. The molecule has 0 aliphatic heterocycles. The van der Waals surface area contributed by atoms with Gasteiger partial charge in [0.2, 0.25) is 5.91 Å².